The van der Waals surface area contributed by atoms with Gasteiger partial charge in [-0.05, 0) is 36.6 Å². The van der Waals surface area contributed by atoms with Gasteiger partial charge in [0.05, 0.1) is 18.1 Å². The lowest BCUT2D eigenvalue weighted by atomic mass is 10.0. The van der Waals surface area contributed by atoms with E-state index < -0.39 is 4.92 Å². The molecule has 0 amide bonds. The maximum atomic E-state index is 10.7. The average Bonchev–Trinajstić information content (AvgIpc) is 3.04. The van der Waals surface area contributed by atoms with Gasteiger partial charge in [0.25, 0.3) is 5.69 Å². The largest absolute Gasteiger partial charge is 0.497 e. The molecule has 0 saturated carbocycles. The maximum absolute atomic E-state index is 10.7. The van der Waals surface area contributed by atoms with Gasteiger partial charge in [0.1, 0.15) is 17.8 Å². The van der Waals surface area contributed by atoms with Crippen LogP contribution in [0.25, 0.3) is 0 Å². The van der Waals surface area contributed by atoms with Crippen LogP contribution >= 0.6 is 0 Å². The SMILES string of the molecule is COc1ccc([C@H]2CCCN2c2ccc([N+](=O)[O-])cn2)cc1. The molecule has 6 nitrogen and oxygen atoms in total. The number of nitrogens with zero attached hydrogens (tertiary/aromatic N) is 3. The summed E-state index contributed by atoms with van der Waals surface area (Å²) in [5, 5.41) is 10.7. The standard InChI is InChI=1S/C16H17N3O3/c1-22-14-7-4-12(5-8-14)15-3-2-10-18(15)16-9-6-13(11-17-16)19(20)21/h4-9,11,15H,2-3,10H2,1H3/t15-/m1/s1. The Morgan fingerprint density at radius 2 is 2.05 bits per heavy atom. The Kier molecular flexibility index (Phi) is 3.91. The molecule has 2 aromatic rings. The van der Waals surface area contributed by atoms with Crippen molar-refractivity contribution in [2.75, 3.05) is 18.6 Å². The normalized spacial score (nSPS) is 17.5. The lowest BCUT2D eigenvalue weighted by Gasteiger charge is -2.26. The average molecular weight is 299 g/mol. The second kappa shape index (κ2) is 6.01. The lowest BCUT2D eigenvalue weighted by Crippen LogP contribution is -2.23. The van der Waals surface area contributed by atoms with Crippen LogP contribution in [0.2, 0.25) is 0 Å². The molecular weight excluding hydrogens is 282 g/mol. The monoisotopic (exact) mass is 299 g/mol. The summed E-state index contributed by atoms with van der Waals surface area (Å²) in [6.45, 7) is 0.904. The Bertz CT molecular complexity index is 655. The zero-order chi connectivity index (χ0) is 15.5. The van der Waals surface area contributed by atoms with Crippen LogP contribution in [0.3, 0.4) is 0 Å². The smallest absolute Gasteiger partial charge is 0.287 e. The summed E-state index contributed by atoms with van der Waals surface area (Å²) < 4.78 is 5.19. The number of hydrogen-bond acceptors (Lipinski definition) is 5. The number of ether oxygens (including phenoxy) is 1. The van der Waals surface area contributed by atoms with Crippen LogP contribution in [0, 0.1) is 10.1 Å². The highest BCUT2D eigenvalue weighted by molar-refractivity contribution is 5.47. The van der Waals surface area contributed by atoms with Gasteiger partial charge in [-0.2, -0.15) is 0 Å². The van der Waals surface area contributed by atoms with Crippen molar-refractivity contribution >= 4 is 11.5 Å². The first-order valence-electron chi connectivity index (χ1n) is 7.20. The molecule has 0 spiro atoms. The Balaban J connectivity index is 1.84. The van der Waals surface area contributed by atoms with Crippen molar-refractivity contribution in [3.8, 4) is 5.75 Å². The van der Waals surface area contributed by atoms with Gasteiger partial charge in [0.2, 0.25) is 0 Å². The van der Waals surface area contributed by atoms with Gasteiger partial charge in [-0.3, -0.25) is 10.1 Å². The molecule has 6 heteroatoms. The van der Waals surface area contributed by atoms with E-state index in [1.807, 2.05) is 12.1 Å². The molecule has 0 N–H and O–H groups in total. The molecule has 3 rings (SSSR count). The van der Waals surface area contributed by atoms with Crippen molar-refractivity contribution in [2.24, 2.45) is 0 Å². The van der Waals surface area contributed by atoms with E-state index >= 15 is 0 Å². The van der Waals surface area contributed by atoms with Crippen molar-refractivity contribution in [1.82, 2.24) is 4.98 Å². The minimum absolute atomic E-state index is 0.0175. The van der Waals surface area contributed by atoms with Crippen molar-refractivity contribution in [1.29, 1.82) is 0 Å². The number of benzene rings is 1. The minimum Gasteiger partial charge on any atom is -0.497 e. The summed E-state index contributed by atoms with van der Waals surface area (Å²) in [7, 11) is 1.65. The quantitative estimate of drug-likeness (QED) is 0.639. The first-order chi connectivity index (χ1) is 10.7. The molecule has 1 aromatic heterocycles. The summed E-state index contributed by atoms with van der Waals surface area (Å²) in [4.78, 5) is 16.7. The van der Waals surface area contributed by atoms with Gasteiger partial charge >= 0.3 is 0 Å². The van der Waals surface area contributed by atoms with Gasteiger partial charge in [-0.1, -0.05) is 12.1 Å². The van der Waals surface area contributed by atoms with Crippen LogP contribution in [0.1, 0.15) is 24.4 Å². The van der Waals surface area contributed by atoms with Gasteiger partial charge in [-0.25, -0.2) is 4.98 Å². The van der Waals surface area contributed by atoms with E-state index in [1.165, 1.54) is 17.8 Å². The molecule has 1 fully saturated rings. The van der Waals surface area contributed by atoms with Crippen LogP contribution in [-0.2, 0) is 0 Å². The fourth-order valence-electron chi connectivity index (χ4n) is 2.87. The molecule has 1 aromatic carbocycles. The van der Waals surface area contributed by atoms with E-state index in [2.05, 4.69) is 22.0 Å². The molecule has 1 saturated heterocycles. The summed E-state index contributed by atoms with van der Waals surface area (Å²) >= 11 is 0. The second-order valence-corrected chi connectivity index (χ2v) is 5.26. The van der Waals surface area contributed by atoms with Crippen molar-refractivity contribution in [3.63, 3.8) is 0 Å². The molecule has 1 aliphatic rings. The van der Waals surface area contributed by atoms with Crippen LogP contribution in [0.15, 0.2) is 42.6 Å². The fourth-order valence-corrected chi connectivity index (χ4v) is 2.87. The van der Waals surface area contributed by atoms with Crippen molar-refractivity contribution in [3.05, 3.63) is 58.3 Å². The molecular formula is C16H17N3O3. The topological polar surface area (TPSA) is 68.5 Å². The molecule has 22 heavy (non-hydrogen) atoms. The number of rotatable bonds is 4. The highest BCUT2D eigenvalue weighted by atomic mass is 16.6. The minimum atomic E-state index is -0.429. The van der Waals surface area contributed by atoms with E-state index in [-0.39, 0.29) is 11.7 Å². The highest BCUT2D eigenvalue weighted by Crippen LogP contribution is 2.36. The van der Waals surface area contributed by atoms with Gasteiger partial charge < -0.3 is 9.64 Å². The van der Waals surface area contributed by atoms with E-state index in [4.69, 9.17) is 4.74 Å². The number of anilines is 1. The molecule has 1 atom stereocenters. The number of hydrogen-bond donors (Lipinski definition) is 0. The molecule has 1 aliphatic heterocycles. The molecule has 114 valence electrons. The second-order valence-electron chi connectivity index (χ2n) is 5.26. The Hall–Kier alpha value is -2.63. The summed E-state index contributed by atoms with van der Waals surface area (Å²) in [5.41, 5.74) is 1.22. The third-order valence-corrected chi connectivity index (χ3v) is 3.99. The maximum Gasteiger partial charge on any atom is 0.287 e. The van der Waals surface area contributed by atoms with Crippen molar-refractivity contribution in [2.45, 2.75) is 18.9 Å². The van der Waals surface area contributed by atoms with Crippen LogP contribution < -0.4 is 9.64 Å². The van der Waals surface area contributed by atoms with Gasteiger partial charge in [0, 0.05) is 12.6 Å². The van der Waals surface area contributed by atoms with Crippen molar-refractivity contribution < 1.29 is 9.66 Å². The molecule has 2 heterocycles. The van der Waals surface area contributed by atoms with Gasteiger partial charge in [-0.15, -0.1) is 0 Å². The summed E-state index contributed by atoms with van der Waals surface area (Å²) in [5.74, 6) is 1.62. The Labute approximate surface area is 128 Å². The molecule has 0 unspecified atom stereocenters. The molecule has 0 radical (unpaired) electrons. The molecule has 0 bridgehead atoms. The van der Waals surface area contributed by atoms with Crippen LogP contribution in [0.5, 0.6) is 5.75 Å². The lowest BCUT2D eigenvalue weighted by molar-refractivity contribution is -0.385. The van der Waals surface area contributed by atoms with E-state index in [0.717, 1.165) is 31.0 Å². The molecule has 0 aliphatic carbocycles. The van der Waals surface area contributed by atoms with Crippen LogP contribution in [-0.4, -0.2) is 23.6 Å². The Morgan fingerprint density at radius 3 is 2.64 bits per heavy atom. The van der Waals surface area contributed by atoms with E-state index in [9.17, 15) is 10.1 Å². The predicted octanol–water partition coefficient (Wildman–Crippen LogP) is 3.34. The first-order valence-corrected chi connectivity index (χ1v) is 7.20. The number of methoxy groups -OCH3 is 1. The zero-order valence-electron chi connectivity index (χ0n) is 12.3. The third-order valence-electron chi connectivity index (χ3n) is 3.99. The fraction of sp³-hybridized carbons (Fsp3) is 0.312. The summed E-state index contributed by atoms with van der Waals surface area (Å²) in [6.07, 6.45) is 3.44. The number of nitro groups is 1. The highest BCUT2D eigenvalue weighted by Gasteiger charge is 2.27. The summed E-state index contributed by atoms with van der Waals surface area (Å²) in [6, 6.07) is 11.5. The van der Waals surface area contributed by atoms with Gasteiger partial charge in [0.15, 0.2) is 0 Å². The number of aromatic nitrogens is 1. The Morgan fingerprint density at radius 1 is 1.27 bits per heavy atom. The van der Waals surface area contributed by atoms with E-state index in [1.54, 1.807) is 13.2 Å². The first kappa shape index (κ1) is 14.3. The zero-order valence-corrected chi connectivity index (χ0v) is 12.3. The third kappa shape index (κ3) is 2.72. The predicted molar refractivity (Wildman–Crippen MR) is 83.2 cm³/mol. The van der Waals surface area contributed by atoms with Crippen LogP contribution in [0.4, 0.5) is 11.5 Å². The van der Waals surface area contributed by atoms with E-state index in [0.29, 0.717) is 0 Å². The number of pyridine rings is 1.